The quantitative estimate of drug-likeness (QED) is 0.868. The van der Waals surface area contributed by atoms with Gasteiger partial charge < -0.3 is 10.1 Å². The molecule has 0 aliphatic carbocycles. The van der Waals surface area contributed by atoms with E-state index in [0.717, 1.165) is 6.42 Å². The van der Waals surface area contributed by atoms with Crippen LogP contribution in [0, 0.1) is 5.41 Å². The fraction of sp³-hybridized carbons (Fsp3) is 0.467. The van der Waals surface area contributed by atoms with Gasteiger partial charge in [-0.15, -0.1) is 0 Å². The molecule has 5 nitrogen and oxygen atoms in total. The average molecular weight is 276 g/mol. The average Bonchev–Trinajstić information content (AvgIpc) is 2.42. The Morgan fingerprint density at radius 1 is 1.25 bits per heavy atom. The number of H-pyrrole nitrogens is 1. The highest BCUT2D eigenvalue weighted by Gasteiger charge is 2.16. The van der Waals surface area contributed by atoms with Gasteiger partial charge in [0.2, 0.25) is 0 Å². The lowest BCUT2D eigenvalue weighted by molar-refractivity contribution is 0.146. The molecule has 0 saturated heterocycles. The van der Waals surface area contributed by atoms with E-state index < -0.39 is 0 Å². The number of hydrogen-bond donors (Lipinski definition) is 2. The second kappa shape index (κ2) is 5.63. The molecule has 0 aliphatic heterocycles. The third kappa shape index (κ3) is 2.99. The minimum atomic E-state index is -0.379. The van der Waals surface area contributed by atoms with Crippen LogP contribution in [-0.2, 0) is 6.54 Å². The van der Waals surface area contributed by atoms with Crippen LogP contribution in [0.1, 0.15) is 26.7 Å². The van der Waals surface area contributed by atoms with Crippen molar-refractivity contribution in [2.75, 3.05) is 6.61 Å². The number of nitrogens with zero attached hydrogens (tertiary/aromatic N) is 1. The molecule has 2 rings (SSSR count). The molecule has 2 aromatic rings. The number of aromatic amines is 1. The van der Waals surface area contributed by atoms with Crippen LogP contribution in [0.3, 0.4) is 0 Å². The van der Waals surface area contributed by atoms with Gasteiger partial charge in [0.1, 0.15) is 0 Å². The van der Waals surface area contributed by atoms with E-state index in [1.807, 2.05) is 13.8 Å². The summed E-state index contributed by atoms with van der Waals surface area (Å²) in [6.45, 7) is 4.37. The number of aliphatic hydroxyl groups excluding tert-OH is 1. The van der Waals surface area contributed by atoms with E-state index in [-0.39, 0.29) is 23.3 Å². The van der Waals surface area contributed by atoms with Crippen LogP contribution in [0.5, 0.6) is 0 Å². The standard InChI is InChI=1S/C15H20N2O3/c1-15(2,10-18)8-5-9-17-13(19)11-6-3-4-7-12(11)16-14(17)20/h3-4,6-7,18H,5,8-10H2,1-2H3,(H,16,20). The van der Waals surface area contributed by atoms with Gasteiger partial charge in [0.15, 0.2) is 0 Å². The molecular formula is C15H20N2O3. The number of rotatable bonds is 5. The van der Waals surface area contributed by atoms with Crippen molar-refractivity contribution in [1.82, 2.24) is 9.55 Å². The summed E-state index contributed by atoms with van der Waals surface area (Å²) in [6, 6.07) is 6.99. The second-order valence-corrected chi connectivity index (χ2v) is 5.86. The van der Waals surface area contributed by atoms with Crippen LogP contribution < -0.4 is 11.2 Å². The molecule has 0 bridgehead atoms. The maximum Gasteiger partial charge on any atom is 0.328 e. The van der Waals surface area contributed by atoms with E-state index in [2.05, 4.69) is 4.98 Å². The third-order valence-corrected chi connectivity index (χ3v) is 3.55. The Bertz CT molecular complexity index is 713. The lowest BCUT2D eigenvalue weighted by Gasteiger charge is -2.21. The SMILES string of the molecule is CC(C)(CO)CCCn1c(=O)[nH]c2ccccc2c1=O. The molecule has 2 N–H and O–H groups in total. The predicted octanol–water partition coefficient (Wildman–Crippen LogP) is 1.49. The largest absolute Gasteiger partial charge is 0.396 e. The van der Waals surface area contributed by atoms with Crippen molar-refractivity contribution < 1.29 is 5.11 Å². The van der Waals surface area contributed by atoms with Crippen molar-refractivity contribution in [3.8, 4) is 0 Å². The maximum absolute atomic E-state index is 12.3. The molecule has 0 amide bonds. The van der Waals surface area contributed by atoms with Gasteiger partial charge in [0.05, 0.1) is 10.9 Å². The summed E-state index contributed by atoms with van der Waals surface area (Å²) >= 11 is 0. The van der Waals surface area contributed by atoms with E-state index >= 15 is 0 Å². The highest BCUT2D eigenvalue weighted by Crippen LogP contribution is 2.21. The van der Waals surface area contributed by atoms with Crippen molar-refractivity contribution >= 4 is 10.9 Å². The van der Waals surface area contributed by atoms with E-state index in [9.17, 15) is 14.7 Å². The number of fused-ring (bicyclic) bond motifs is 1. The Balaban J connectivity index is 2.27. The zero-order valence-corrected chi connectivity index (χ0v) is 11.8. The first-order valence-electron chi connectivity index (χ1n) is 6.77. The molecular weight excluding hydrogens is 256 g/mol. The van der Waals surface area contributed by atoms with Crippen LogP contribution in [0.25, 0.3) is 10.9 Å². The maximum atomic E-state index is 12.3. The minimum absolute atomic E-state index is 0.0932. The van der Waals surface area contributed by atoms with E-state index in [4.69, 9.17) is 0 Å². The number of nitrogens with one attached hydrogen (secondary N) is 1. The summed E-state index contributed by atoms with van der Waals surface area (Å²) in [5.41, 5.74) is -0.260. The smallest absolute Gasteiger partial charge is 0.328 e. The zero-order chi connectivity index (χ0) is 14.8. The Labute approximate surface area is 116 Å². The molecule has 20 heavy (non-hydrogen) atoms. The van der Waals surface area contributed by atoms with Gasteiger partial charge in [-0.1, -0.05) is 26.0 Å². The molecule has 1 aromatic heterocycles. The van der Waals surface area contributed by atoms with Crippen LogP contribution >= 0.6 is 0 Å². The second-order valence-electron chi connectivity index (χ2n) is 5.86. The lowest BCUT2D eigenvalue weighted by Crippen LogP contribution is -2.35. The first kappa shape index (κ1) is 14.5. The Morgan fingerprint density at radius 3 is 2.65 bits per heavy atom. The predicted molar refractivity (Wildman–Crippen MR) is 78.9 cm³/mol. The van der Waals surface area contributed by atoms with E-state index in [1.54, 1.807) is 24.3 Å². The van der Waals surface area contributed by atoms with Crippen molar-refractivity contribution in [2.45, 2.75) is 33.2 Å². The van der Waals surface area contributed by atoms with Gasteiger partial charge in [-0.05, 0) is 30.4 Å². The molecule has 1 heterocycles. The van der Waals surface area contributed by atoms with Gasteiger partial charge in [0.25, 0.3) is 5.56 Å². The van der Waals surface area contributed by atoms with Crippen LogP contribution in [0.2, 0.25) is 0 Å². The van der Waals surface area contributed by atoms with Crippen molar-refractivity contribution in [3.63, 3.8) is 0 Å². The topological polar surface area (TPSA) is 75.1 Å². The van der Waals surface area contributed by atoms with Gasteiger partial charge in [0, 0.05) is 13.2 Å². The molecule has 1 aromatic carbocycles. The Hall–Kier alpha value is -1.88. The molecule has 0 saturated carbocycles. The summed E-state index contributed by atoms with van der Waals surface area (Å²) in [5.74, 6) is 0. The lowest BCUT2D eigenvalue weighted by atomic mass is 9.89. The molecule has 108 valence electrons. The number of aliphatic hydroxyl groups is 1. The molecule has 0 spiro atoms. The summed E-state index contributed by atoms with van der Waals surface area (Å²) in [5, 5.41) is 9.73. The zero-order valence-electron chi connectivity index (χ0n) is 11.8. The molecule has 5 heteroatoms. The fourth-order valence-electron chi connectivity index (χ4n) is 2.20. The van der Waals surface area contributed by atoms with Gasteiger partial charge in [-0.25, -0.2) is 4.79 Å². The first-order valence-corrected chi connectivity index (χ1v) is 6.77. The Morgan fingerprint density at radius 2 is 1.95 bits per heavy atom. The van der Waals surface area contributed by atoms with Crippen LogP contribution in [-0.4, -0.2) is 21.3 Å². The van der Waals surface area contributed by atoms with Crippen molar-refractivity contribution in [3.05, 3.63) is 45.1 Å². The Kier molecular flexibility index (Phi) is 4.09. The minimum Gasteiger partial charge on any atom is -0.396 e. The molecule has 0 radical (unpaired) electrons. The summed E-state index contributed by atoms with van der Waals surface area (Å²) in [4.78, 5) is 26.9. The monoisotopic (exact) mass is 276 g/mol. The number of hydrogen-bond acceptors (Lipinski definition) is 3. The number of aromatic nitrogens is 2. The van der Waals surface area contributed by atoms with Gasteiger partial charge >= 0.3 is 5.69 Å². The van der Waals surface area contributed by atoms with Gasteiger partial charge in [-0.2, -0.15) is 0 Å². The number of para-hydroxylation sites is 1. The normalized spacial score (nSPS) is 11.9. The molecule has 0 unspecified atom stereocenters. The van der Waals surface area contributed by atoms with E-state index in [0.29, 0.717) is 23.9 Å². The van der Waals surface area contributed by atoms with Gasteiger partial charge in [-0.3, -0.25) is 9.36 Å². The highest BCUT2D eigenvalue weighted by molar-refractivity contribution is 5.76. The van der Waals surface area contributed by atoms with Crippen molar-refractivity contribution in [1.29, 1.82) is 0 Å². The molecule has 0 atom stereocenters. The van der Waals surface area contributed by atoms with Crippen LogP contribution in [0.15, 0.2) is 33.9 Å². The molecule has 0 fully saturated rings. The summed E-state index contributed by atoms with van der Waals surface area (Å²) in [6.07, 6.45) is 1.43. The highest BCUT2D eigenvalue weighted by atomic mass is 16.3. The molecule has 0 aliphatic rings. The number of benzene rings is 1. The van der Waals surface area contributed by atoms with E-state index in [1.165, 1.54) is 4.57 Å². The van der Waals surface area contributed by atoms with Crippen LogP contribution in [0.4, 0.5) is 0 Å². The summed E-state index contributed by atoms with van der Waals surface area (Å²) in [7, 11) is 0. The fourth-order valence-corrected chi connectivity index (χ4v) is 2.20. The van der Waals surface area contributed by atoms with Crippen molar-refractivity contribution in [2.24, 2.45) is 5.41 Å². The summed E-state index contributed by atoms with van der Waals surface area (Å²) < 4.78 is 1.23. The third-order valence-electron chi connectivity index (χ3n) is 3.55. The first-order chi connectivity index (χ1) is 9.44.